The molecule has 0 aliphatic carbocycles. The highest BCUT2D eigenvalue weighted by atomic mass is 16.5. The molecule has 1 aromatic rings. The van der Waals surface area contributed by atoms with E-state index in [1.807, 2.05) is 13.0 Å². The summed E-state index contributed by atoms with van der Waals surface area (Å²) in [6.45, 7) is 9.27. The number of hydrogen-bond acceptors (Lipinski definition) is 6. The van der Waals surface area contributed by atoms with Crippen molar-refractivity contribution in [2.45, 2.75) is 19.4 Å². The zero-order chi connectivity index (χ0) is 13.8. The topological polar surface area (TPSA) is 53.5 Å². The fraction of sp³-hybridized carbons (Fsp3) is 0.714. The second-order valence-electron chi connectivity index (χ2n) is 5.32. The summed E-state index contributed by atoms with van der Waals surface area (Å²) in [5.74, 6) is 1.66. The monoisotopic (exact) mass is 277 g/mol. The van der Waals surface area contributed by atoms with Crippen molar-refractivity contribution in [1.82, 2.24) is 20.2 Å². The summed E-state index contributed by atoms with van der Waals surface area (Å²) in [7, 11) is 0. The normalized spacial score (nSPS) is 24.1. The first-order valence-electron chi connectivity index (χ1n) is 7.51. The van der Waals surface area contributed by atoms with Crippen LogP contribution in [0.1, 0.15) is 13.3 Å². The van der Waals surface area contributed by atoms with E-state index in [1.54, 1.807) is 6.33 Å². The van der Waals surface area contributed by atoms with Crippen molar-refractivity contribution in [1.29, 1.82) is 0 Å². The van der Waals surface area contributed by atoms with E-state index < -0.39 is 0 Å². The Bertz CT molecular complexity index is 435. The molecule has 0 radical (unpaired) electrons. The molecule has 1 aromatic heterocycles. The minimum absolute atomic E-state index is 0.639. The second kappa shape index (κ2) is 6.37. The molecule has 0 spiro atoms. The third kappa shape index (κ3) is 3.02. The van der Waals surface area contributed by atoms with Crippen LogP contribution in [0.2, 0.25) is 0 Å². The lowest BCUT2D eigenvalue weighted by molar-refractivity contribution is 0.185. The third-order valence-corrected chi connectivity index (χ3v) is 4.08. The average Bonchev–Trinajstić information content (AvgIpc) is 2.99. The molecular weight excluding hydrogens is 254 g/mol. The Morgan fingerprint density at radius 2 is 2.15 bits per heavy atom. The highest BCUT2D eigenvalue weighted by molar-refractivity contribution is 5.42. The Balaban J connectivity index is 1.62. The fourth-order valence-electron chi connectivity index (χ4n) is 3.02. The molecule has 2 saturated heterocycles. The summed E-state index contributed by atoms with van der Waals surface area (Å²) in [6, 6.07) is 2.60. The first-order chi connectivity index (χ1) is 9.86. The Kier molecular flexibility index (Phi) is 4.32. The molecule has 1 N–H and O–H groups in total. The molecule has 6 nitrogen and oxygen atoms in total. The van der Waals surface area contributed by atoms with Gasteiger partial charge in [-0.05, 0) is 13.3 Å². The molecule has 110 valence electrons. The number of rotatable bonds is 4. The number of ether oxygens (including phenoxy) is 1. The smallest absolute Gasteiger partial charge is 0.218 e. The zero-order valence-electron chi connectivity index (χ0n) is 12.1. The highest BCUT2D eigenvalue weighted by Crippen LogP contribution is 2.23. The molecular formula is C14H23N5O. The molecule has 2 aliphatic rings. The van der Waals surface area contributed by atoms with Gasteiger partial charge in [-0.1, -0.05) is 0 Å². The number of piperazine rings is 1. The molecule has 0 aromatic carbocycles. The quantitative estimate of drug-likeness (QED) is 0.857. The SMILES string of the molecule is CCOc1cc(N2CCC(N3CCNCC3)C2)ncn1. The Morgan fingerprint density at radius 1 is 1.30 bits per heavy atom. The van der Waals surface area contributed by atoms with Crippen molar-refractivity contribution in [2.75, 3.05) is 50.8 Å². The van der Waals surface area contributed by atoms with Crippen LogP contribution < -0.4 is 15.0 Å². The lowest BCUT2D eigenvalue weighted by atomic mass is 10.2. The van der Waals surface area contributed by atoms with E-state index in [0.29, 0.717) is 18.5 Å². The summed E-state index contributed by atoms with van der Waals surface area (Å²) in [5.41, 5.74) is 0. The maximum absolute atomic E-state index is 5.45. The summed E-state index contributed by atoms with van der Waals surface area (Å²) in [6.07, 6.45) is 2.81. The van der Waals surface area contributed by atoms with E-state index in [0.717, 1.165) is 45.1 Å². The number of aromatic nitrogens is 2. The van der Waals surface area contributed by atoms with Crippen molar-refractivity contribution in [3.05, 3.63) is 12.4 Å². The van der Waals surface area contributed by atoms with Crippen LogP contribution in [0.4, 0.5) is 5.82 Å². The van der Waals surface area contributed by atoms with E-state index in [2.05, 4.69) is 25.1 Å². The van der Waals surface area contributed by atoms with Crippen molar-refractivity contribution >= 4 is 5.82 Å². The van der Waals surface area contributed by atoms with Gasteiger partial charge in [0.2, 0.25) is 5.88 Å². The maximum atomic E-state index is 5.45. The highest BCUT2D eigenvalue weighted by Gasteiger charge is 2.29. The van der Waals surface area contributed by atoms with Crippen LogP contribution in [0.5, 0.6) is 5.88 Å². The minimum Gasteiger partial charge on any atom is -0.478 e. The number of anilines is 1. The lowest BCUT2D eigenvalue weighted by Gasteiger charge is -2.32. The summed E-state index contributed by atoms with van der Waals surface area (Å²) < 4.78 is 5.45. The van der Waals surface area contributed by atoms with Crippen LogP contribution >= 0.6 is 0 Å². The van der Waals surface area contributed by atoms with Crippen molar-refractivity contribution in [3.8, 4) is 5.88 Å². The average molecular weight is 277 g/mol. The van der Waals surface area contributed by atoms with Gasteiger partial charge in [0.05, 0.1) is 6.61 Å². The van der Waals surface area contributed by atoms with E-state index >= 15 is 0 Å². The van der Waals surface area contributed by atoms with Gasteiger partial charge in [0.25, 0.3) is 0 Å². The molecule has 0 amide bonds. The van der Waals surface area contributed by atoms with Crippen molar-refractivity contribution in [3.63, 3.8) is 0 Å². The van der Waals surface area contributed by atoms with E-state index in [4.69, 9.17) is 4.74 Å². The van der Waals surface area contributed by atoms with Crippen molar-refractivity contribution in [2.24, 2.45) is 0 Å². The molecule has 1 unspecified atom stereocenters. The van der Waals surface area contributed by atoms with Gasteiger partial charge in [0, 0.05) is 51.4 Å². The molecule has 0 saturated carbocycles. The lowest BCUT2D eigenvalue weighted by Crippen LogP contribution is -2.49. The molecule has 3 rings (SSSR count). The summed E-state index contributed by atoms with van der Waals surface area (Å²) in [4.78, 5) is 13.5. The van der Waals surface area contributed by atoms with Crippen LogP contribution in [-0.2, 0) is 0 Å². The number of nitrogens with one attached hydrogen (secondary N) is 1. The first-order valence-corrected chi connectivity index (χ1v) is 7.51. The zero-order valence-corrected chi connectivity index (χ0v) is 12.1. The Morgan fingerprint density at radius 3 is 2.95 bits per heavy atom. The fourth-order valence-corrected chi connectivity index (χ4v) is 3.02. The second-order valence-corrected chi connectivity index (χ2v) is 5.32. The van der Waals surface area contributed by atoms with E-state index in [1.165, 1.54) is 6.42 Å². The van der Waals surface area contributed by atoms with Gasteiger partial charge in [-0.25, -0.2) is 9.97 Å². The first kappa shape index (κ1) is 13.6. The molecule has 1 atom stereocenters. The van der Waals surface area contributed by atoms with Gasteiger partial charge in [0.15, 0.2) is 0 Å². The van der Waals surface area contributed by atoms with E-state index in [9.17, 15) is 0 Å². The van der Waals surface area contributed by atoms with Gasteiger partial charge in [0.1, 0.15) is 12.1 Å². The van der Waals surface area contributed by atoms with Gasteiger partial charge in [-0.15, -0.1) is 0 Å². The van der Waals surface area contributed by atoms with Crippen LogP contribution in [0, 0.1) is 0 Å². The van der Waals surface area contributed by atoms with Gasteiger partial charge in [-0.2, -0.15) is 0 Å². The largest absolute Gasteiger partial charge is 0.478 e. The van der Waals surface area contributed by atoms with Crippen LogP contribution in [-0.4, -0.2) is 66.8 Å². The van der Waals surface area contributed by atoms with Crippen molar-refractivity contribution < 1.29 is 4.74 Å². The van der Waals surface area contributed by atoms with Crippen LogP contribution in [0.15, 0.2) is 12.4 Å². The number of nitrogens with zero attached hydrogens (tertiary/aromatic N) is 4. The maximum Gasteiger partial charge on any atom is 0.218 e. The van der Waals surface area contributed by atoms with Gasteiger partial charge >= 0.3 is 0 Å². The number of hydrogen-bond donors (Lipinski definition) is 1. The van der Waals surface area contributed by atoms with Crippen LogP contribution in [0.3, 0.4) is 0 Å². The minimum atomic E-state index is 0.639. The Hall–Kier alpha value is -1.40. The molecule has 2 fully saturated rings. The Labute approximate surface area is 120 Å². The predicted molar refractivity (Wildman–Crippen MR) is 78.3 cm³/mol. The molecule has 2 aliphatic heterocycles. The van der Waals surface area contributed by atoms with Crippen LogP contribution in [0.25, 0.3) is 0 Å². The summed E-state index contributed by atoms with van der Waals surface area (Å²) >= 11 is 0. The standard InChI is InChI=1S/C14H23N5O/c1-2-20-14-9-13(16-11-17-14)19-6-3-12(10-19)18-7-4-15-5-8-18/h9,11-12,15H,2-8,10H2,1H3. The van der Waals surface area contributed by atoms with Gasteiger partial charge in [-0.3, -0.25) is 4.90 Å². The molecule has 6 heteroatoms. The molecule has 20 heavy (non-hydrogen) atoms. The molecule has 3 heterocycles. The third-order valence-electron chi connectivity index (χ3n) is 4.08. The van der Waals surface area contributed by atoms with E-state index in [-0.39, 0.29) is 0 Å². The predicted octanol–water partition coefficient (Wildman–Crippen LogP) is 0.359. The summed E-state index contributed by atoms with van der Waals surface area (Å²) in [5, 5.41) is 3.41. The van der Waals surface area contributed by atoms with Gasteiger partial charge < -0.3 is 15.0 Å². The molecule has 0 bridgehead atoms.